The molecule has 2 aromatic rings. The molecule has 4 rings (SSSR count). The first-order chi connectivity index (χ1) is 14.6. The first-order valence-corrected chi connectivity index (χ1v) is 10.3. The van der Waals surface area contributed by atoms with Crippen LogP contribution < -0.4 is 14.8 Å². The van der Waals surface area contributed by atoms with E-state index in [0.29, 0.717) is 24.6 Å². The lowest BCUT2D eigenvalue weighted by Gasteiger charge is -2.36. The molecule has 0 radical (unpaired) electrons. The Balaban J connectivity index is 1.25. The number of carbonyl (C=O) groups is 2. The first kappa shape index (κ1) is 20.2. The Morgan fingerprint density at radius 3 is 2.40 bits per heavy atom. The number of ether oxygens (including phenoxy) is 2. The van der Waals surface area contributed by atoms with E-state index in [0.717, 1.165) is 19.6 Å². The van der Waals surface area contributed by atoms with Crippen molar-refractivity contribution in [2.75, 3.05) is 32.8 Å². The standard InChI is InChI=1S/C23H27N3O4/c1-17(24-22(27)21-16-29-19-9-5-6-10-20(19)30-21)23(28)26-13-11-25(12-14-26)15-18-7-3-2-4-8-18/h2-10,17,21H,11-16H2,1H3,(H,24,27)/t17-,21?/m1/s1. The van der Waals surface area contributed by atoms with Crippen molar-refractivity contribution in [3.05, 3.63) is 60.2 Å². The number of hydrogen-bond acceptors (Lipinski definition) is 5. The van der Waals surface area contributed by atoms with Gasteiger partial charge in [-0.05, 0) is 24.6 Å². The summed E-state index contributed by atoms with van der Waals surface area (Å²) >= 11 is 0. The molecule has 7 heteroatoms. The molecule has 0 aliphatic carbocycles. The van der Waals surface area contributed by atoms with Crippen LogP contribution in [0.2, 0.25) is 0 Å². The van der Waals surface area contributed by atoms with Crippen molar-refractivity contribution >= 4 is 11.8 Å². The average molecular weight is 409 g/mol. The summed E-state index contributed by atoms with van der Waals surface area (Å²) in [6, 6.07) is 17.0. The molecule has 2 aliphatic heterocycles. The molecule has 0 bridgehead atoms. The van der Waals surface area contributed by atoms with Crippen molar-refractivity contribution in [2.24, 2.45) is 0 Å². The Hall–Kier alpha value is -3.06. The van der Waals surface area contributed by atoms with E-state index in [1.54, 1.807) is 19.1 Å². The number of nitrogens with zero attached hydrogens (tertiary/aromatic N) is 2. The Morgan fingerprint density at radius 2 is 1.67 bits per heavy atom. The maximum absolute atomic E-state index is 12.8. The number of para-hydroxylation sites is 2. The Kier molecular flexibility index (Phi) is 6.18. The van der Waals surface area contributed by atoms with Crippen LogP contribution >= 0.6 is 0 Å². The van der Waals surface area contributed by atoms with E-state index < -0.39 is 12.1 Å². The molecule has 158 valence electrons. The van der Waals surface area contributed by atoms with E-state index >= 15 is 0 Å². The summed E-state index contributed by atoms with van der Waals surface area (Å²) in [7, 11) is 0. The van der Waals surface area contributed by atoms with Crippen LogP contribution in [0.15, 0.2) is 54.6 Å². The van der Waals surface area contributed by atoms with E-state index in [9.17, 15) is 9.59 Å². The predicted molar refractivity (Wildman–Crippen MR) is 112 cm³/mol. The molecule has 30 heavy (non-hydrogen) atoms. The zero-order valence-corrected chi connectivity index (χ0v) is 17.1. The minimum absolute atomic E-state index is 0.0696. The topological polar surface area (TPSA) is 71.1 Å². The summed E-state index contributed by atoms with van der Waals surface area (Å²) in [5.41, 5.74) is 1.27. The van der Waals surface area contributed by atoms with Gasteiger partial charge in [-0.25, -0.2) is 0 Å². The van der Waals surface area contributed by atoms with Gasteiger partial charge < -0.3 is 19.7 Å². The second kappa shape index (κ2) is 9.17. The van der Waals surface area contributed by atoms with Gasteiger partial charge in [-0.1, -0.05) is 42.5 Å². The second-order valence-electron chi connectivity index (χ2n) is 7.68. The number of nitrogens with one attached hydrogen (secondary N) is 1. The molecular formula is C23H27N3O4. The average Bonchev–Trinajstić information content (AvgIpc) is 2.79. The van der Waals surface area contributed by atoms with Gasteiger partial charge in [0.15, 0.2) is 11.5 Å². The van der Waals surface area contributed by atoms with Crippen LogP contribution in [-0.4, -0.2) is 66.5 Å². The zero-order chi connectivity index (χ0) is 20.9. The van der Waals surface area contributed by atoms with Gasteiger partial charge in [0, 0.05) is 32.7 Å². The maximum atomic E-state index is 12.8. The van der Waals surface area contributed by atoms with Crippen molar-refractivity contribution in [3.8, 4) is 11.5 Å². The molecule has 2 aliphatic rings. The van der Waals surface area contributed by atoms with Crippen LogP contribution in [0.25, 0.3) is 0 Å². The van der Waals surface area contributed by atoms with Crippen molar-refractivity contribution in [1.29, 1.82) is 0 Å². The van der Waals surface area contributed by atoms with Crippen molar-refractivity contribution in [2.45, 2.75) is 25.6 Å². The lowest BCUT2D eigenvalue weighted by Crippen LogP contribution is -2.56. The monoisotopic (exact) mass is 409 g/mol. The molecule has 2 aromatic carbocycles. The molecule has 0 saturated carbocycles. The smallest absolute Gasteiger partial charge is 0.265 e. The van der Waals surface area contributed by atoms with Crippen molar-refractivity contribution < 1.29 is 19.1 Å². The quantitative estimate of drug-likeness (QED) is 0.814. The van der Waals surface area contributed by atoms with Gasteiger partial charge in [0.2, 0.25) is 12.0 Å². The molecular weight excluding hydrogens is 382 g/mol. The molecule has 1 fully saturated rings. The Morgan fingerprint density at radius 1 is 1.00 bits per heavy atom. The molecule has 7 nitrogen and oxygen atoms in total. The number of piperazine rings is 1. The predicted octanol–water partition coefficient (Wildman–Crippen LogP) is 1.68. The van der Waals surface area contributed by atoms with E-state index in [2.05, 4.69) is 22.3 Å². The lowest BCUT2D eigenvalue weighted by molar-refractivity contribution is -0.140. The fourth-order valence-electron chi connectivity index (χ4n) is 3.76. The van der Waals surface area contributed by atoms with Crippen molar-refractivity contribution in [1.82, 2.24) is 15.1 Å². The highest BCUT2D eigenvalue weighted by Gasteiger charge is 2.31. The van der Waals surface area contributed by atoms with Gasteiger partial charge in [-0.3, -0.25) is 14.5 Å². The highest BCUT2D eigenvalue weighted by molar-refractivity contribution is 5.89. The van der Waals surface area contributed by atoms with Crippen molar-refractivity contribution in [3.63, 3.8) is 0 Å². The fourth-order valence-corrected chi connectivity index (χ4v) is 3.76. The second-order valence-corrected chi connectivity index (χ2v) is 7.68. The molecule has 0 aromatic heterocycles. The van der Waals surface area contributed by atoms with Gasteiger partial charge in [0.1, 0.15) is 12.6 Å². The minimum atomic E-state index is -0.766. The van der Waals surface area contributed by atoms with Gasteiger partial charge in [-0.2, -0.15) is 0 Å². The normalized spacial score (nSPS) is 19.8. The van der Waals surface area contributed by atoms with E-state index in [4.69, 9.17) is 9.47 Å². The third-order valence-electron chi connectivity index (χ3n) is 5.46. The molecule has 2 atom stereocenters. The molecule has 2 heterocycles. The summed E-state index contributed by atoms with van der Waals surface area (Å²) in [4.78, 5) is 29.5. The molecule has 1 N–H and O–H groups in total. The fraction of sp³-hybridized carbons (Fsp3) is 0.391. The number of benzene rings is 2. The van der Waals surface area contributed by atoms with Crippen LogP contribution in [0.3, 0.4) is 0 Å². The molecule has 0 spiro atoms. The van der Waals surface area contributed by atoms with E-state index in [-0.39, 0.29) is 18.4 Å². The third-order valence-corrected chi connectivity index (χ3v) is 5.46. The highest BCUT2D eigenvalue weighted by atomic mass is 16.6. The summed E-state index contributed by atoms with van der Waals surface area (Å²) in [6.45, 7) is 5.67. The maximum Gasteiger partial charge on any atom is 0.265 e. The number of hydrogen-bond donors (Lipinski definition) is 1. The van der Waals surface area contributed by atoms with Crippen LogP contribution in [0.5, 0.6) is 11.5 Å². The Labute approximate surface area is 176 Å². The highest BCUT2D eigenvalue weighted by Crippen LogP contribution is 2.30. The van der Waals surface area contributed by atoms with Crippen LogP contribution in [0.1, 0.15) is 12.5 Å². The summed E-state index contributed by atoms with van der Waals surface area (Å²) in [6.07, 6.45) is -0.766. The summed E-state index contributed by atoms with van der Waals surface area (Å²) in [5, 5.41) is 2.78. The third kappa shape index (κ3) is 4.74. The first-order valence-electron chi connectivity index (χ1n) is 10.3. The van der Waals surface area contributed by atoms with Crippen LogP contribution in [0, 0.1) is 0 Å². The Bertz CT molecular complexity index is 881. The SMILES string of the molecule is C[C@@H](NC(=O)C1COc2ccccc2O1)C(=O)N1CCN(Cc2ccccc2)CC1. The number of amides is 2. The van der Waals surface area contributed by atoms with Crippen LogP contribution in [-0.2, 0) is 16.1 Å². The van der Waals surface area contributed by atoms with Gasteiger partial charge >= 0.3 is 0 Å². The number of carbonyl (C=O) groups excluding carboxylic acids is 2. The lowest BCUT2D eigenvalue weighted by atomic mass is 10.2. The minimum Gasteiger partial charge on any atom is -0.485 e. The molecule has 1 unspecified atom stereocenters. The molecule has 2 amide bonds. The number of rotatable bonds is 5. The zero-order valence-electron chi connectivity index (χ0n) is 17.1. The van der Waals surface area contributed by atoms with Gasteiger partial charge in [0.05, 0.1) is 0 Å². The largest absolute Gasteiger partial charge is 0.485 e. The number of fused-ring (bicyclic) bond motifs is 1. The van der Waals surface area contributed by atoms with E-state index in [1.165, 1.54) is 5.56 Å². The van der Waals surface area contributed by atoms with E-state index in [1.807, 2.05) is 35.2 Å². The summed E-state index contributed by atoms with van der Waals surface area (Å²) < 4.78 is 11.3. The van der Waals surface area contributed by atoms with Gasteiger partial charge in [0.25, 0.3) is 5.91 Å². The van der Waals surface area contributed by atoms with Gasteiger partial charge in [-0.15, -0.1) is 0 Å². The molecule has 1 saturated heterocycles. The van der Waals surface area contributed by atoms with Crippen LogP contribution in [0.4, 0.5) is 0 Å². The summed E-state index contributed by atoms with van der Waals surface area (Å²) in [5.74, 6) is 0.754.